The van der Waals surface area contributed by atoms with Crippen molar-refractivity contribution in [2.75, 3.05) is 6.61 Å². The zero-order valence-electron chi connectivity index (χ0n) is 19.2. The average Bonchev–Trinajstić information content (AvgIpc) is 3.19. The quantitative estimate of drug-likeness (QED) is 0.458. The first kappa shape index (κ1) is 23.8. The van der Waals surface area contributed by atoms with Gasteiger partial charge in [0.1, 0.15) is 0 Å². The van der Waals surface area contributed by atoms with Crippen LogP contribution in [0.4, 0.5) is 0 Å². The third-order valence-electron chi connectivity index (χ3n) is 5.86. The predicted octanol–water partition coefficient (Wildman–Crippen LogP) is 5.34. The molecular weight excluding hydrogens is 456 g/mol. The number of nitrogens with one attached hydrogen (secondary N) is 1. The van der Waals surface area contributed by atoms with Gasteiger partial charge in [-0.3, -0.25) is 9.36 Å². The molecule has 1 saturated heterocycles. The fourth-order valence-electron chi connectivity index (χ4n) is 4.09. The Balaban J connectivity index is 1.54. The Kier molecular flexibility index (Phi) is 7.41. The Hall–Kier alpha value is -2.35. The number of ether oxygens (including phenoxy) is 1. The van der Waals surface area contributed by atoms with E-state index in [9.17, 15) is 4.79 Å². The third-order valence-corrected chi connectivity index (χ3v) is 7.21. The number of rotatable bonds is 7. The highest BCUT2D eigenvalue weighted by Gasteiger charge is 2.33. The summed E-state index contributed by atoms with van der Waals surface area (Å²) in [5.74, 6) is 1.35. The number of hydrogen-bond donors (Lipinski definition) is 1. The van der Waals surface area contributed by atoms with Crippen molar-refractivity contribution in [3.05, 3.63) is 70.5 Å². The van der Waals surface area contributed by atoms with E-state index in [4.69, 9.17) is 16.3 Å². The second kappa shape index (κ2) is 10.3. The van der Waals surface area contributed by atoms with Crippen LogP contribution in [-0.4, -0.2) is 32.9 Å². The minimum atomic E-state index is -0.274. The van der Waals surface area contributed by atoms with Gasteiger partial charge in [0.2, 0.25) is 5.91 Å². The van der Waals surface area contributed by atoms with E-state index < -0.39 is 0 Å². The van der Waals surface area contributed by atoms with E-state index in [1.165, 1.54) is 0 Å². The van der Waals surface area contributed by atoms with Crippen molar-refractivity contribution >= 4 is 29.3 Å². The second-order valence-corrected chi connectivity index (χ2v) is 10.3. The van der Waals surface area contributed by atoms with Gasteiger partial charge in [-0.25, -0.2) is 0 Å². The number of aryl methyl sites for hydroxylation is 1. The van der Waals surface area contributed by atoms with E-state index in [1.807, 2.05) is 60.9 Å². The van der Waals surface area contributed by atoms with Crippen LogP contribution in [0, 0.1) is 12.8 Å². The van der Waals surface area contributed by atoms with Crippen molar-refractivity contribution in [2.24, 2.45) is 5.92 Å². The number of hydrogen-bond acceptors (Lipinski definition) is 5. The van der Waals surface area contributed by atoms with Gasteiger partial charge >= 0.3 is 0 Å². The Morgan fingerprint density at radius 1 is 1.21 bits per heavy atom. The number of aromatic nitrogens is 3. The van der Waals surface area contributed by atoms with Crippen LogP contribution < -0.4 is 5.32 Å². The number of halogens is 1. The zero-order chi connectivity index (χ0) is 23.4. The largest absolute Gasteiger partial charge is 0.376 e. The summed E-state index contributed by atoms with van der Waals surface area (Å²) in [6, 6.07) is 15.9. The lowest BCUT2D eigenvalue weighted by Crippen LogP contribution is -2.41. The van der Waals surface area contributed by atoms with E-state index >= 15 is 0 Å². The van der Waals surface area contributed by atoms with Gasteiger partial charge in [0.15, 0.2) is 11.0 Å². The monoisotopic (exact) mass is 484 g/mol. The molecular formula is C25H29ClN4O2S. The molecule has 0 aliphatic carbocycles. The lowest BCUT2D eigenvalue weighted by atomic mass is 9.88. The molecule has 0 saturated carbocycles. The lowest BCUT2D eigenvalue weighted by Gasteiger charge is -2.34. The molecule has 3 aromatic rings. The van der Waals surface area contributed by atoms with Crippen molar-refractivity contribution in [1.29, 1.82) is 0 Å². The van der Waals surface area contributed by atoms with Gasteiger partial charge in [-0.15, -0.1) is 10.2 Å². The maximum Gasteiger partial charge on any atom is 0.223 e. The lowest BCUT2D eigenvalue weighted by molar-refractivity contribution is -0.135. The number of amides is 1. The van der Waals surface area contributed by atoms with E-state index in [0.717, 1.165) is 33.4 Å². The fourth-order valence-corrected chi connectivity index (χ4v) is 5.34. The van der Waals surface area contributed by atoms with E-state index in [1.54, 1.807) is 11.8 Å². The molecule has 0 spiro atoms. The minimum Gasteiger partial charge on any atom is -0.376 e. The Morgan fingerprint density at radius 3 is 2.73 bits per heavy atom. The number of nitrogens with zero attached hydrogens (tertiary/aromatic N) is 3. The molecule has 0 bridgehead atoms. The highest BCUT2D eigenvalue weighted by Crippen LogP contribution is 2.30. The van der Waals surface area contributed by atoms with Crippen molar-refractivity contribution in [3.63, 3.8) is 0 Å². The summed E-state index contributed by atoms with van der Waals surface area (Å²) in [5.41, 5.74) is 2.88. The molecule has 1 aromatic heterocycles. The summed E-state index contributed by atoms with van der Waals surface area (Å²) in [7, 11) is 0. The average molecular weight is 485 g/mol. The Morgan fingerprint density at radius 2 is 1.97 bits per heavy atom. The van der Waals surface area contributed by atoms with Gasteiger partial charge < -0.3 is 10.1 Å². The molecule has 1 N–H and O–H groups in total. The van der Waals surface area contributed by atoms with Crippen LogP contribution in [0.5, 0.6) is 0 Å². The first-order valence-electron chi connectivity index (χ1n) is 11.1. The van der Waals surface area contributed by atoms with Gasteiger partial charge in [-0.05, 0) is 56.9 Å². The summed E-state index contributed by atoms with van der Waals surface area (Å²) in [4.78, 5) is 12.9. The highest BCUT2D eigenvalue weighted by atomic mass is 35.5. The molecule has 1 aliphatic rings. The van der Waals surface area contributed by atoms with Crippen LogP contribution >= 0.6 is 23.4 Å². The van der Waals surface area contributed by atoms with E-state index in [2.05, 4.69) is 28.5 Å². The van der Waals surface area contributed by atoms with Crippen molar-refractivity contribution in [3.8, 4) is 5.69 Å². The maximum atomic E-state index is 12.9. The van der Waals surface area contributed by atoms with Crippen LogP contribution in [0.1, 0.15) is 43.6 Å². The van der Waals surface area contributed by atoms with Crippen LogP contribution in [0.2, 0.25) is 5.02 Å². The molecule has 174 valence electrons. The molecule has 8 heteroatoms. The first-order valence-corrected chi connectivity index (χ1v) is 12.5. The van der Waals surface area contributed by atoms with Crippen molar-refractivity contribution < 1.29 is 9.53 Å². The first-order chi connectivity index (χ1) is 15.8. The van der Waals surface area contributed by atoms with E-state index in [-0.39, 0.29) is 17.4 Å². The van der Waals surface area contributed by atoms with Crippen molar-refractivity contribution in [2.45, 2.75) is 56.7 Å². The normalized spacial score (nSPS) is 17.6. The van der Waals surface area contributed by atoms with Gasteiger partial charge in [0.25, 0.3) is 0 Å². The summed E-state index contributed by atoms with van der Waals surface area (Å²) < 4.78 is 7.79. The number of carbonyl (C=O) groups is 1. The van der Waals surface area contributed by atoms with Gasteiger partial charge in [-0.1, -0.05) is 59.8 Å². The van der Waals surface area contributed by atoms with Gasteiger partial charge in [0, 0.05) is 23.3 Å². The van der Waals surface area contributed by atoms with E-state index in [0.29, 0.717) is 31.1 Å². The topological polar surface area (TPSA) is 69.0 Å². The Labute approximate surface area is 204 Å². The fraction of sp³-hybridized carbons (Fsp3) is 0.400. The van der Waals surface area contributed by atoms with Crippen LogP contribution in [0.25, 0.3) is 5.69 Å². The van der Waals surface area contributed by atoms with Crippen LogP contribution in [0.15, 0.2) is 53.7 Å². The number of benzene rings is 2. The summed E-state index contributed by atoms with van der Waals surface area (Å²) in [6.45, 7) is 7.04. The molecule has 1 aliphatic heterocycles. The summed E-state index contributed by atoms with van der Waals surface area (Å²) in [5, 5.41) is 13.5. The smallest absolute Gasteiger partial charge is 0.223 e. The molecule has 1 atom stereocenters. The van der Waals surface area contributed by atoms with Gasteiger partial charge in [0.05, 0.1) is 17.8 Å². The SMILES string of the molecule is Cc1ccccc1-n1c(CNC(=O)[C@@H]2CCOC(C)(C)C2)nnc1SCc1ccccc1Cl. The summed E-state index contributed by atoms with van der Waals surface area (Å²) in [6.07, 6.45) is 1.45. The number of carbonyl (C=O) groups excluding carboxylic acids is 1. The van der Waals surface area contributed by atoms with Crippen LogP contribution in [-0.2, 0) is 21.8 Å². The van der Waals surface area contributed by atoms with Crippen molar-refractivity contribution in [1.82, 2.24) is 20.1 Å². The Bertz CT molecular complexity index is 1130. The molecule has 0 unspecified atom stereocenters. The molecule has 2 aromatic carbocycles. The van der Waals surface area contributed by atoms with Crippen LogP contribution in [0.3, 0.4) is 0 Å². The summed E-state index contributed by atoms with van der Waals surface area (Å²) >= 11 is 7.92. The maximum absolute atomic E-state index is 12.9. The zero-order valence-corrected chi connectivity index (χ0v) is 20.7. The molecule has 6 nitrogen and oxygen atoms in total. The second-order valence-electron chi connectivity index (χ2n) is 8.92. The molecule has 33 heavy (non-hydrogen) atoms. The predicted molar refractivity (Wildman–Crippen MR) is 132 cm³/mol. The molecule has 0 radical (unpaired) electrons. The standard InChI is InChI=1S/C25H29ClN4O2S/c1-17-8-4-7-11-21(17)30-22(15-27-23(31)18-12-13-32-25(2,3)14-18)28-29-24(30)33-16-19-9-5-6-10-20(19)26/h4-11,18H,12-16H2,1-3H3,(H,27,31)/t18-/m1/s1. The minimum absolute atomic E-state index is 0.0379. The van der Waals surface area contributed by atoms with Gasteiger partial charge in [-0.2, -0.15) is 0 Å². The highest BCUT2D eigenvalue weighted by molar-refractivity contribution is 7.98. The molecule has 1 amide bonds. The number of para-hydroxylation sites is 1. The molecule has 2 heterocycles. The third kappa shape index (κ3) is 5.78. The number of thioether (sulfide) groups is 1. The molecule has 1 fully saturated rings. The molecule has 4 rings (SSSR count).